The molecular formula is C14H16ClNOS. The van der Waals surface area contributed by atoms with E-state index in [0.717, 1.165) is 33.3 Å². The molecule has 0 bridgehead atoms. The molecule has 18 heavy (non-hydrogen) atoms. The van der Waals surface area contributed by atoms with Gasteiger partial charge in [0.2, 0.25) is 0 Å². The van der Waals surface area contributed by atoms with Crippen molar-refractivity contribution >= 4 is 22.9 Å². The third-order valence-corrected chi connectivity index (χ3v) is 4.50. The molecule has 1 aromatic heterocycles. The number of benzene rings is 1. The first-order valence-corrected chi connectivity index (χ1v) is 7.07. The summed E-state index contributed by atoms with van der Waals surface area (Å²) in [5.74, 6) is 0.891. The van der Waals surface area contributed by atoms with Gasteiger partial charge in [0.1, 0.15) is 5.75 Å². The van der Waals surface area contributed by atoms with Gasteiger partial charge in [-0.25, -0.2) is 4.98 Å². The van der Waals surface area contributed by atoms with E-state index in [-0.39, 0.29) is 5.38 Å². The van der Waals surface area contributed by atoms with Gasteiger partial charge in [0.05, 0.1) is 23.2 Å². The second kappa shape index (κ2) is 5.72. The van der Waals surface area contributed by atoms with Crippen molar-refractivity contribution in [1.82, 2.24) is 4.98 Å². The predicted molar refractivity (Wildman–Crippen MR) is 76.9 cm³/mol. The van der Waals surface area contributed by atoms with Crippen LogP contribution in [0.1, 0.15) is 26.5 Å². The number of rotatable bonds is 4. The maximum absolute atomic E-state index is 6.50. The largest absolute Gasteiger partial charge is 0.496 e. The van der Waals surface area contributed by atoms with Crippen LogP contribution in [0.5, 0.6) is 5.75 Å². The van der Waals surface area contributed by atoms with E-state index in [1.807, 2.05) is 32.0 Å². The average Bonchev–Trinajstić information content (AvgIpc) is 2.69. The third-order valence-electron chi connectivity index (χ3n) is 2.82. The summed E-state index contributed by atoms with van der Waals surface area (Å²) in [6.45, 7) is 4.02. The van der Waals surface area contributed by atoms with Crippen molar-refractivity contribution in [1.29, 1.82) is 0 Å². The molecular weight excluding hydrogens is 266 g/mol. The van der Waals surface area contributed by atoms with E-state index >= 15 is 0 Å². The maximum atomic E-state index is 6.50. The molecule has 0 saturated heterocycles. The summed E-state index contributed by atoms with van der Waals surface area (Å²) in [4.78, 5) is 5.57. The van der Waals surface area contributed by atoms with Gasteiger partial charge in [-0.15, -0.1) is 22.9 Å². The highest BCUT2D eigenvalue weighted by atomic mass is 35.5. The van der Waals surface area contributed by atoms with E-state index in [1.54, 1.807) is 18.4 Å². The van der Waals surface area contributed by atoms with E-state index < -0.39 is 0 Å². The summed E-state index contributed by atoms with van der Waals surface area (Å²) < 4.78 is 5.35. The van der Waals surface area contributed by atoms with Crippen LogP contribution in [0.25, 0.3) is 0 Å². The Morgan fingerprint density at radius 3 is 2.67 bits per heavy atom. The zero-order valence-corrected chi connectivity index (χ0v) is 12.3. The van der Waals surface area contributed by atoms with Crippen molar-refractivity contribution in [3.05, 3.63) is 45.4 Å². The number of ether oxygens (including phenoxy) is 1. The minimum absolute atomic E-state index is 0.0486. The summed E-state index contributed by atoms with van der Waals surface area (Å²) in [5.41, 5.74) is 2.16. The van der Waals surface area contributed by atoms with Gasteiger partial charge in [0, 0.05) is 4.88 Å². The van der Waals surface area contributed by atoms with E-state index in [4.69, 9.17) is 16.3 Å². The van der Waals surface area contributed by atoms with Crippen molar-refractivity contribution < 1.29 is 4.74 Å². The number of halogens is 1. The van der Waals surface area contributed by atoms with Gasteiger partial charge in [0.15, 0.2) is 0 Å². The first kappa shape index (κ1) is 13.4. The fourth-order valence-electron chi connectivity index (χ4n) is 2.00. The van der Waals surface area contributed by atoms with Crippen LogP contribution < -0.4 is 4.74 Å². The molecule has 0 amide bonds. The van der Waals surface area contributed by atoms with Crippen molar-refractivity contribution in [2.75, 3.05) is 7.11 Å². The van der Waals surface area contributed by atoms with Crippen LogP contribution >= 0.6 is 22.9 Å². The van der Waals surface area contributed by atoms with Crippen molar-refractivity contribution in [2.45, 2.75) is 25.6 Å². The molecule has 0 fully saturated rings. The molecule has 2 nitrogen and oxygen atoms in total. The SMILES string of the molecule is COc1ccccc1CC(Cl)c1sc(C)nc1C. The van der Waals surface area contributed by atoms with Gasteiger partial charge in [0.25, 0.3) is 0 Å². The van der Waals surface area contributed by atoms with Gasteiger partial charge in [-0.2, -0.15) is 0 Å². The number of thiazole rings is 1. The summed E-state index contributed by atoms with van der Waals surface area (Å²) in [7, 11) is 1.68. The standard InChI is InChI=1S/C14H16ClNOS/c1-9-14(18-10(2)16-9)12(15)8-11-6-4-5-7-13(11)17-3/h4-7,12H,8H2,1-3H3. The van der Waals surface area contributed by atoms with E-state index in [0.29, 0.717) is 0 Å². The van der Waals surface area contributed by atoms with Gasteiger partial charge >= 0.3 is 0 Å². The first-order chi connectivity index (χ1) is 8.61. The first-order valence-electron chi connectivity index (χ1n) is 5.81. The molecule has 0 N–H and O–H groups in total. The van der Waals surface area contributed by atoms with Gasteiger partial charge in [-0.3, -0.25) is 0 Å². The summed E-state index contributed by atoms with van der Waals surface area (Å²) >= 11 is 8.17. The molecule has 0 aliphatic carbocycles. The number of aryl methyl sites for hydroxylation is 2. The molecule has 1 aromatic carbocycles. The lowest BCUT2D eigenvalue weighted by Crippen LogP contribution is -1.98. The fraction of sp³-hybridized carbons (Fsp3) is 0.357. The van der Waals surface area contributed by atoms with E-state index in [2.05, 4.69) is 11.1 Å². The maximum Gasteiger partial charge on any atom is 0.122 e. The molecule has 4 heteroatoms. The van der Waals surface area contributed by atoms with Crippen molar-refractivity contribution in [3.63, 3.8) is 0 Å². The molecule has 1 unspecified atom stereocenters. The lowest BCUT2D eigenvalue weighted by Gasteiger charge is -2.11. The normalized spacial score (nSPS) is 12.4. The number of hydrogen-bond donors (Lipinski definition) is 0. The van der Waals surface area contributed by atoms with Crippen LogP contribution in [-0.4, -0.2) is 12.1 Å². The zero-order chi connectivity index (χ0) is 13.1. The Kier molecular flexibility index (Phi) is 4.25. The van der Waals surface area contributed by atoms with Crippen LogP contribution in [0.15, 0.2) is 24.3 Å². The third kappa shape index (κ3) is 2.85. The Labute approximate surface area is 117 Å². The Hall–Kier alpha value is -1.06. The second-order valence-electron chi connectivity index (χ2n) is 4.17. The number of alkyl halides is 1. The second-order valence-corrected chi connectivity index (χ2v) is 5.93. The van der Waals surface area contributed by atoms with Crippen LogP contribution in [0, 0.1) is 13.8 Å². The highest BCUT2D eigenvalue weighted by Crippen LogP contribution is 2.34. The van der Waals surface area contributed by atoms with E-state index in [9.17, 15) is 0 Å². The molecule has 0 saturated carbocycles. The molecule has 96 valence electrons. The van der Waals surface area contributed by atoms with Crippen molar-refractivity contribution in [3.8, 4) is 5.75 Å². The van der Waals surface area contributed by atoms with Crippen LogP contribution in [0.4, 0.5) is 0 Å². The minimum Gasteiger partial charge on any atom is -0.496 e. The van der Waals surface area contributed by atoms with Crippen LogP contribution in [0.3, 0.4) is 0 Å². The molecule has 2 aromatic rings. The molecule has 0 spiro atoms. The number of para-hydroxylation sites is 1. The smallest absolute Gasteiger partial charge is 0.122 e. The molecule has 0 aliphatic rings. The lowest BCUT2D eigenvalue weighted by atomic mass is 10.1. The summed E-state index contributed by atoms with van der Waals surface area (Å²) in [6, 6.07) is 7.99. The fourth-order valence-corrected chi connectivity index (χ4v) is 3.36. The number of aromatic nitrogens is 1. The molecule has 1 heterocycles. The summed E-state index contributed by atoms with van der Waals surface area (Å²) in [6.07, 6.45) is 0.758. The van der Waals surface area contributed by atoms with Crippen LogP contribution in [-0.2, 0) is 6.42 Å². The van der Waals surface area contributed by atoms with Gasteiger partial charge in [-0.05, 0) is 31.9 Å². The monoisotopic (exact) mass is 281 g/mol. The zero-order valence-electron chi connectivity index (χ0n) is 10.7. The van der Waals surface area contributed by atoms with E-state index in [1.165, 1.54) is 0 Å². The summed E-state index contributed by atoms with van der Waals surface area (Å²) in [5, 5.41) is 1.01. The molecule has 0 radical (unpaired) electrons. The molecule has 0 aliphatic heterocycles. The topological polar surface area (TPSA) is 22.1 Å². The quantitative estimate of drug-likeness (QED) is 0.780. The Bertz CT molecular complexity index is 538. The molecule has 1 atom stereocenters. The predicted octanol–water partition coefficient (Wildman–Crippen LogP) is 4.29. The number of nitrogens with zero attached hydrogens (tertiary/aromatic N) is 1. The molecule has 2 rings (SSSR count). The highest BCUT2D eigenvalue weighted by molar-refractivity contribution is 7.12. The van der Waals surface area contributed by atoms with Gasteiger partial charge in [-0.1, -0.05) is 18.2 Å². The number of hydrogen-bond acceptors (Lipinski definition) is 3. The van der Waals surface area contributed by atoms with Crippen LogP contribution in [0.2, 0.25) is 0 Å². The average molecular weight is 282 g/mol. The Balaban J connectivity index is 2.21. The van der Waals surface area contributed by atoms with Gasteiger partial charge < -0.3 is 4.74 Å². The van der Waals surface area contributed by atoms with Crippen molar-refractivity contribution in [2.24, 2.45) is 0 Å². The lowest BCUT2D eigenvalue weighted by molar-refractivity contribution is 0.409. The highest BCUT2D eigenvalue weighted by Gasteiger charge is 2.17. The minimum atomic E-state index is -0.0486. The number of methoxy groups -OCH3 is 1. The Morgan fingerprint density at radius 1 is 1.33 bits per heavy atom. The Morgan fingerprint density at radius 2 is 2.06 bits per heavy atom.